The van der Waals surface area contributed by atoms with Gasteiger partial charge in [0.2, 0.25) is 0 Å². The van der Waals surface area contributed by atoms with Crippen LogP contribution in [0, 0.1) is 40.6 Å². The number of aromatic hydroxyl groups is 1. The Bertz CT molecular complexity index is 1550. The Kier molecular flexibility index (Phi) is 7.45. The van der Waals surface area contributed by atoms with Crippen LogP contribution < -0.4 is 5.32 Å². The molecule has 0 aliphatic heterocycles. The molecule has 0 bridgehead atoms. The molecule has 2 fully saturated rings. The standard InChI is InChI=1S/C33H34F3N3O3/c1-33-12-10-22-21-9-7-19(34)14-18(21)6-8-23(22)30(33)26(16-29(33)39-42)24(31-27(36)15-20(35)17-38-31)11-13-37-32(41)25-4-2-3-5-28(25)40/h2-5,7,9,14-15,17,22-24,26,30,40,42H,6,8,10-13,16H2,1H3,(H,37,41)/b39-29+/t22?,23?,24?,26-,30?,33+/m0/s1. The van der Waals surface area contributed by atoms with Gasteiger partial charge in [-0.05, 0) is 97.6 Å². The van der Waals surface area contributed by atoms with Crippen LogP contribution in [0.5, 0.6) is 5.75 Å². The molecule has 0 radical (unpaired) electrons. The van der Waals surface area contributed by atoms with E-state index in [1.165, 1.54) is 18.2 Å². The first kappa shape index (κ1) is 28.2. The Morgan fingerprint density at radius 2 is 1.95 bits per heavy atom. The van der Waals surface area contributed by atoms with Crippen LogP contribution in [0.15, 0.2) is 59.9 Å². The first-order valence-electron chi connectivity index (χ1n) is 14.6. The third-order valence-corrected chi connectivity index (χ3v) is 10.2. The Morgan fingerprint density at radius 1 is 1.14 bits per heavy atom. The highest BCUT2D eigenvalue weighted by molar-refractivity contribution is 5.96. The first-order chi connectivity index (χ1) is 20.2. The van der Waals surface area contributed by atoms with Crippen molar-refractivity contribution in [2.45, 2.75) is 57.3 Å². The van der Waals surface area contributed by atoms with Crippen molar-refractivity contribution in [2.24, 2.45) is 28.3 Å². The van der Waals surface area contributed by atoms with Crippen molar-refractivity contribution in [1.29, 1.82) is 0 Å². The SMILES string of the molecule is C[C@]12CCC3c4ccc(F)cc4CCC3C1[C@H](C(CCNC(=O)c1ccccc1O)c1ncc(F)cc1F)C/C2=N\O. The van der Waals surface area contributed by atoms with Gasteiger partial charge in [-0.2, -0.15) is 0 Å². The molecule has 6 rings (SSSR count). The topological polar surface area (TPSA) is 94.8 Å². The number of benzene rings is 2. The maximum atomic E-state index is 15.4. The molecule has 3 N–H and O–H groups in total. The fraction of sp³-hybridized carbons (Fsp3) is 0.424. The molecule has 2 aromatic carbocycles. The van der Waals surface area contributed by atoms with E-state index in [-0.39, 0.29) is 53.0 Å². The van der Waals surface area contributed by atoms with E-state index in [9.17, 15) is 23.9 Å². The highest BCUT2D eigenvalue weighted by Crippen LogP contribution is 2.64. The van der Waals surface area contributed by atoms with Gasteiger partial charge in [-0.15, -0.1) is 0 Å². The summed E-state index contributed by atoms with van der Waals surface area (Å²) >= 11 is 0. The summed E-state index contributed by atoms with van der Waals surface area (Å²) < 4.78 is 43.4. The highest BCUT2D eigenvalue weighted by Gasteiger charge is 2.59. The lowest BCUT2D eigenvalue weighted by molar-refractivity contribution is 0.0471. The molecule has 2 saturated carbocycles. The van der Waals surface area contributed by atoms with E-state index >= 15 is 4.39 Å². The van der Waals surface area contributed by atoms with Crippen LogP contribution in [0.25, 0.3) is 0 Å². The molecular weight excluding hydrogens is 543 g/mol. The summed E-state index contributed by atoms with van der Waals surface area (Å²) in [5.74, 6) is -2.67. The van der Waals surface area contributed by atoms with E-state index < -0.39 is 28.9 Å². The second-order valence-corrected chi connectivity index (χ2v) is 12.2. The normalized spacial score (nSPS) is 28.0. The number of aryl methyl sites for hydroxylation is 1. The van der Waals surface area contributed by atoms with Crippen molar-refractivity contribution < 1.29 is 28.3 Å². The number of nitrogens with zero attached hydrogens (tertiary/aromatic N) is 2. The van der Waals surface area contributed by atoms with Gasteiger partial charge in [-0.1, -0.05) is 30.3 Å². The summed E-state index contributed by atoms with van der Waals surface area (Å²) in [5.41, 5.74) is 2.69. The molecule has 0 saturated heterocycles. The van der Waals surface area contributed by atoms with Gasteiger partial charge in [0.15, 0.2) is 0 Å². The van der Waals surface area contributed by atoms with Gasteiger partial charge in [-0.25, -0.2) is 13.2 Å². The Labute approximate surface area is 242 Å². The predicted octanol–water partition coefficient (Wildman–Crippen LogP) is 6.72. The lowest BCUT2D eigenvalue weighted by atomic mass is 9.53. The number of rotatable bonds is 6. The number of pyridine rings is 1. The molecule has 9 heteroatoms. The third-order valence-electron chi connectivity index (χ3n) is 10.2. The van der Waals surface area contributed by atoms with E-state index in [0.29, 0.717) is 18.6 Å². The number of fused-ring (bicyclic) bond motifs is 5. The van der Waals surface area contributed by atoms with E-state index in [2.05, 4.69) is 22.4 Å². The van der Waals surface area contributed by atoms with Gasteiger partial charge in [0.05, 0.1) is 23.2 Å². The molecule has 42 heavy (non-hydrogen) atoms. The minimum Gasteiger partial charge on any atom is -0.507 e. The zero-order chi connectivity index (χ0) is 29.6. The molecule has 1 aromatic heterocycles. The summed E-state index contributed by atoms with van der Waals surface area (Å²) in [6.07, 6.45) is 4.93. The van der Waals surface area contributed by atoms with Gasteiger partial charge in [0.1, 0.15) is 23.2 Å². The number of para-hydroxylation sites is 1. The van der Waals surface area contributed by atoms with Crippen molar-refractivity contribution in [3.8, 4) is 5.75 Å². The largest absolute Gasteiger partial charge is 0.507 e. The van der Waals surface area contributed by atoms with Crippen molar-refractivity contribution in [3.63, 3.8) is 0 Å². The number of carbonyl (C=O) groups excluding carboxylic acids is 1. The van der Waals surface area contributed by atoms with Gasteiger partial charge in [-0.3, -0.25) is 9.78 Å². The van der Waals surface area contributed by atoms with Crippen molar-refractivity contribution in [1.82, 2.24) is 10.3 Å². The Morgan fingerprint density at radius 3 is 2.71 bits per heavy atom. The van der Waals surface area contributed by atoms with E-state index in [1.807, 2.05) is 6.07 Å². The molecule has 3 aliphatic rings. The van der Waals surface area contributed by atoms with Crippen LogP contribution in [0.3, 0.4) is 0 Å². The van der Waals surface area contributed by atoms with Gasteiger partial charge in [0, 0.05) is 23.9 Å². The van der Waals surface area contributed by atoms with E-state index in [0.717, 1.165) is 49.1 Å². The smallest absolute Gasteiger partial charge is 0.255 e. The molecule has 1 amide bonds. The zero-order valence-electron chi connectivity index (χ0n) is 23.4. The van der Waals surface area contributed by atoms with Crippen molar-refractivity contribution >= 4 is 11.6 Å². The summed E-state index contributed by atoms with van der Waals surface area (Å²) in [6, 6.07) is 12.1. The number of nitrogens with one attached hydrogen (secondary N) is 1. The van der Waals surface area contributed by atoms with Crippen molar-refractivity contribution in [2.75, 3.05) is 6.54 Å². The first-order valence-corrected chi connectivity index (χ1v) is 14.6. The molecule has 6 atom stereocenters. The maximum absolute atomic E-state index is 15.4. The number of aromatic nitrogens is 1. The lowest BCUT2D eigenvalue weighted by Crippen LogP contribution is -2.45. The quantitative estimate of drug-likeness (QED) is 0.224. The van der Waals surface area contributed by atoms with Crippen LogP contribution in [-0.2, 0) is 6.42 Å². The van der Waals surface area contributed by atoms with Crippen LogP contribution in [-0.4, -0.2) is 33.5 Å². The fourth-order valence-electron chi connectivity index (χ4n) is 8.41. The number of halogens is 3. The van der Waals surface area contributed by atoms with Crippen LogP contribution in [0.4, 0.5) is 13.2 Å². The third kappa shape index (κ3) is 4.82. The Hall–Kier alpha value is -3.88. The molecule has 4 unspecified atom stereocenters. The molecule has 3 aliphatic carbocycles. The average molecular weight is 578 g/mol. The molecule has 3 aromatic rings. The number of phenolic OH excluding ortho intramolecular Hbond substituents is 1. The number of carbonyl (C=O) groups is 1. The average Bonchev–Trinajstić information content (AvgIpc) is 3.27. The van der Waals surface area contributed by atoms with Crippen LogP contribution >= 0.6 is 0 Å². The number of amides is 1. The number of hydrogen-bond acceptors (Lipinski definition) is 5. The molecule has 220 valence electrons. The predicted molar refractivity (Wildman–Crippen MR) is 151 cm³/mol. The molecule has 6 nitrogen and oxygen atoms in total. The minimum atomic E-state index is -0.773. The molecule has 0 spiro atoms. The second kappa shape index (κ2) is 11.1. The van der Waals surface area contributed by atoms with Crippen LogP contribution in [0.1, 0.15) is 78.0 Å². The lowest BCUT2D eigenvalue weighted by Gasteiger charge is -2.51. The second-order valence-electron chi connectivity index (χ2n) is 12.2. The molecule has 1 heterocycles. The summed E-state index contributed by atoms with van der Waals surface area (Å²) in [6.45, 7) is 2.28. The summed E-state index contributed by atoms with van der Waals surface area (Å²) in [5, 5.41) is 26.8. The monoisotopic (exact) mass is 577 g/mol. The number of phenols is 1. The van der Waals surface area contributed by atoms with E-state index in [4.69, 9.17) is 0 Å². The maximum Gasteiger partial charge on any atom is 0.255 e. The highest BCUT2D eigenvalue weighted by atomic mass is 19.1. The number of hydrogen-bond donors (Lipinski definition) is 3. The van der Waals surface area contributed by atoms with Gasteiger partial charge in [0.25, 0.3) is 5.91 Å². The molecular formula is C33H34F3N3O3. The number of oxime groups is 1. The zero-order valence-corrected chi connectivity index (χ0v) is 23.4. The Balaban J connectivity index is 1.35. The minimum absolute atomic E-state index is 0.00507. The van der Waals surface area contributed by atoms with Gasteiger partial charge < -0.3 is 15.6 Å². The van der Waals surface area contributed by atoms with Crippen molar-refractivity contribution in [3.05, 3.63) is 94.6 Å². The summed E-state index contributed by atoms with van der Waals surface area (Å²) in [4.78, 5) is 17.0. The van der Waals surface area contributed by atoms with Crippen LogP contribution in [0.2, 0.25) is 0 Å². The van der Waals surface area contributed by atoms with Gasteiger partial charge >= 0.3 is 0 Å². The fourth-order valence-corrected chi connectivity index (χ4v) is 8.41. The summed E-state index contributed by atoms with van der Waals surface area (Å²) in [7, 11) is 0. The van der Waals surface area contributed by atoms with E-state index in [1.54, 1.807) is 18.2 Å².